The Hall–Kier alpha value is -2.14. The maximum absolute atomic E-state index is 12.0. The van der Waals surface area contributed by atoms with Crippen molar-refractivity contribution in [2.45, 2.75) is 18.2 Å². The summed E-state index contributed by atoms with van der Waals surface area (Å²) in [5, 5.41) is 2.95. The summed E-state index contributed by atoms with van der Waals surface area (Å²) in [6.07, 6.45) is 0.329. The van der Waals surface area contributed by atoms with Crippen molar-refractivity contribution in [1.29, 1.82) is 0 Å². The fraction of sp³-hybridized carbons (Fsp3) is 0.316. The molecule has 0 bridgehead atoms. The summed E-state index contributed by atoms with van der Waals surface area (Å²) in [5.41, 5.74) is 2.15. The van der Waals surface area contributed by atoms with E-state index in [9.17, 15) is 4.79 Å². The first-order valence-electron chi connectivity index (χ1n) is 7.79. The molecule has 4 nitrogen and oxygen atoms in total. The summed E-state index contributed by atoms with van der Waals surface area (Å²) in [7, 11) is 3.18. The van der Waals surface area contributed by atoms with Gasteiger partial charge in [-0.3, -0.25) is 4.79 Å². The van der Waals surface area contributed by atoms with E-state index in [0.717, 1.165) is 11.3 Å². The monoisotopic (exact) mass is 345 g/mol. The first kappa shape index (κ1) is 18.2. The molecule has 0 aliphatic heterocycles. The van der Waals surface area contributed by atoms with E-state index in [-0.39, 0.29) is 5.91 Å². The lowest BCUT2D eigenvalue weighted by Gasteiger charge is -2.10. The second-order valence-corrected chi connectivity index (χ2v) is 6.55. The van der Waals surface area contributed by atoms with Crippen molar-refractivity contribution in [3.05, 3.63) is 53.6 Å². The Bertz CT molecular complexity index is 671. The average molecular weight is 345 g/mol. The maximum atomic E-state index is 12.0. The normalized spacial score (nSPS) is 10.3. The molecule has 0 aromatic heterocycles. The Morgan fingerprint density at radius 3 is 2.42 bits per heavy atom. The van der Waals surface area contributed by atoms with Crippen LogP contribution in [0.15, 0.2) is 47.4 Å². The number of thioether (sulfide) groups is 1. The van der Waals surface area contributed by atoms with Gasteiger partial charge in [-0.05, 0) is 36.8 Å². The zero-order valence-corrected chi connectivity index (χ0v) is 15.1. The molecule has 1 amide bonds. The fourth-order valence-corrected chi connectivity index (χ4v) is 3.00. The molecule has 5 heteroatoms. The van der Waals surface area contributed by atoms with E-state index in [1.807, 2.05) is 18.2 Å². The molecule has 0 saturated carbocycles. The van der Waals surface area contributed by atoms with Crippen LogP contribution in [0.2, 0.25) is 0 Å². The van der Waals surface area contributed by atoms with Crippen LogP contribution in [0.5, 0.6) is 11.5 Å². The average Bonchev–Trinajstić information content (AvgIpc) is 2.60. The minimum atomic E-state index is 0.00623. The third-order valence-corrected chi connectivity index (χ3v) is 4.54. The van der Waals surface area contributed by atoms with Gasteiger partial charge in [-0.25, -0.2) is 0 Å². The predicted octanol–water partition coefficient (Wildman–Crippen LogP) is 3.46. The molecule has 0 heterocycles. The number of ether oxygens (including phenoxy) is 2. The standard InChI is InChI=1S/C19H23NO3S/c1-14-4-7-16(8-5-14)24-11-10-20-19(21)13-15-6-9-17(22-2)18(12-15)23-3/h4-9,12H,10-11,13H2,1-3H3,(H,20,21). The molecule has 2 aromatic rings. The molecule has 128 valence electrons. The first-order valence-corrected chi connectivity index (χ1v) is 8.78. The van der Waals surface area contributed by atoms with Gasteiger partial charge in [0.15, 0.2) is 11.5 Å². The lowest BCUT2D eigenvalue weighted by Crippen LogP contribution is -2.27. The highest BCUT2D eigenvalue weighted by molar-refractivity contribution is 7.99. The van der Waals surface area contributed by atoms with Crippen molar-refractivity contribution in [1.82, 2.24) is 5.32 Å². The third-order valence-electron chi connectivity index (χ3n) is 3.53. The van der Waals surface area contributed by atoms with Gasteiger partial charge < -0.3 is 14.8 Å². The molecular weight excluding hydrogens is 322 g/mol. The number of nitrogens with one attached hydrogen (secondary N) is 1. The van der Waals surface area contributed by atoms with Crippen molar-refractivity contribution in [2.75, 3.05) is 26.5 Å². The van der Waals surface area contributed by atoms with Crippen molar-refractivity contribution < 1.29 is 14.3 Å². The Balaban J connectivity index is 1.76. The highest BCUT2D eigenvalue weighted by atomic mass is 32.2. The zero-order chi connectivity index (χ0) is 17.4. The van der Waals surface area contributed by atoms with Gasteiger partial charge in [0, 0.05) is 17.2 Å². The van der Waals surface area contributed by atoms with Crippen LogP contribution in [0.4, 0.5) is 0 Å². The Morgan fingerprint density at radius 1 is 1.04 bits per heavy atom. The van der Waals surface area contributed by atoms with Crippen molar-refractivity contribution in [2.24, 2.45) is 0 Å². The number of carbonyl (C=O) groups excluding carboxylic acids is 1. The summed E-state index contributed by atoms with van der Waals surface area (Å²) < 4.78 is 10.5. The number of carbonyl (C=O) groups is 1. The minimum absolute atomic E-state index is 0.00623. The van der Waals surface area contributed by atoms with E-state index in [1.54, 1.807) is 26.0 Å². The molecule has 1 N–H and O–H groups in total. The van der Waals surface area contributed by atoms with Crippen LogP contribution < -0.4 is 14.8 Å². The highest BCUT2D eigenvalue weighted by Crippen LogP contribution is 2.27. The third kappa shape index (κ3) is 5.49. The highest BCUT2D eigenvalue weighted by Gasteiger charge is 2.08. The van der Waals surface area contributed by atoms with Crippen LogP contribution in [-0.2, 0) is 11.2 Å². The summed E-state index contributed by atoms with van der Waals surface area (Å²) >= 11 is 1.74. The summed E-state index contributed by atoms with van der Waals surface area (Å²) in [4.78, 5) is 13.2. The summed E-state index contributed by atoms with van der Waals surface area (Å²) in [6, 6.07) is 13.9. The van der Waals surface area contributed by atoms with E-state index in [1.165, 1.54) is 10.5 Å². The van der Waals surface area contributed by atoms with E-state index in [4.69, 9.17) is 9.47 Å². The number of hydrogen-bond acceptors (Lipinski definition) is 4. The second kappa shape index (κ2) is 9.23. The van der Waals surface area contributed by atoms with Crippen LogP contribution in [0.3, 0.4) is 0 Å². The van der Waals surface area contributed by atoms with Gasteiger partial charge in [0.25, 0.3) is 0 Å². The van der Waals surface area contributed by atoms with Crippen molar-refractivity contribution >= 4 is 17.7 Å². The summed E-state index contributed by atoms with van der Waals surface area (Å²) in [5.74, 6) is 2.15. The number of hydrogen-bond donors (Lipinski definition) is 1. The number of amides is 1. The van der Waals surface area contributed by atoms with Crippen LogP contribution in [0.25, 0.3) is 0 Å². The topological polar surface area (TPSA) is 47.6 Å². The largest absolute Gasteiger partial charge is 0.493 e. The number of methoxy groups -OCH3 is 2. The predicted molar refractivity (Wildman–Crippen MR) is 98.2 cm³/mol. The molecule has 0 unspecified atom stereocenters. The minimum Gasteiger partial charge on any atom is -0.493 e. The number of benzene rings is 2. The van der Waals surface area contributed by atoms with Crippen LogP contribution >= 0.6 is 11.8 Å². The molecule has 0 radical (unpaired) electrons. The molecule has 0 atom stereocenters. The quantitative estimate of drug-likeness (QED) is 0.588. The van der Waals surface area contributed by atoms with Crippen LogP contribution in [-0.4, -0.2) is 32.4 Å². The Labute approximate surface area is 147 Å². The van der Waals surface area contributed by atoms with Crippen LogP contribution in [0, 0.1) is 6.92 Å². The van der Waals surface area contributed by atoms with Gasteiger partial charge >= 0.3 is 0 Å². The second-order valence-electron chi connectivity index (χ2n) is 5.38. The van der Waals surface area contributed by atoms with Crippen LogP contribution in [0.1, 0.15) is 11.1 Å². The van der Waals surface area contributed by atoms with Gasteiger partial charge in [0.05, 0.1) is 20.6 Å². The van der Waals surface area contributed by atoms with Gasteiger partial charge in [-0.2, -0.15) is 0 Å². The van der Waals surface area contributed by atoms with Gasteiger partial charge in [-0.1, -0.05) is 23.8 Å². The van der Waals surface area contributed by atoms with Gasteiger partial charge in [-0.15, -0.1) is 11.8 Å². The molecule has 0 saturated heterocycles. The van der Waals surface area contributed by atoms with E-state index < -0.39 is 0 Å². The smallest absolute Gasteiger partial charge is 0.224 e. The lowest BCUT2D eigenvalue weighted by molar-refractivity contribution is -0.120. The van der Waals surface area contributed by atoms with Crippen molar-refractivity contribution in [3.63, 3.8) is 0 Å². The molecule has 0 aliphatic rings. The molecule has 0 fully saturated rings. The lowest BCUT2D eigenvalue weighted by atomic mass is 10.1. The maximum Gasteiger partial charge on any atom is 0.224 e. The van der Waals surface area contributed by atoms with E-state index >= 15 is 0 Å². The molecule has 24 heavy (non-hydrogen) atoms. The Morgan fingerprint density at radius 2 is 1.75 bits per heavy atom. The molecular formula is C19H23NO3S. The first-order chi connectivity index (χ1) is 11.6. The molecule has 2 aromatic carbocycles. The molecule has 0 aliphatic carbocycles. The fourth-order valence-electron chi connectivity index (χ4n) is 2.23. The molecule has 2 rings (SSSR count). The van der Waals surface area contributed by atoms with Gasteiger partial charge in [0.2, 0.25) is 5.91 Å². The number of aryl methyl sites for hydroxylation is 1. The number of rotatable bonds is 8. The zero-order valence-electron chi connectivity index (χ0n) is 14.3. The van der Waals surface area contributed by atoms with Gasteiger partial charge in [0.1, 0.15) is 0 Å². The van der Waals surface area contributed by atoms with E-state index in [0.29, 0.717) is 24.5 Å². The summed E-state index contributed by atoms with van der Waals surface area (Å²) in [6.45, 7) is 2.72. The Kier molecular flexibility index (Phi) is 7.00. The van der Waals surface area contributed by atoms with E-state index in [2.05, 4.69) is 36.5 Å². The molecule has 0 spiro atoms. The van der Waals surface area contributed by atoms with Crippen molar-refractivity contribution in [3.8, 4) is 11.5 Å². The SMILES string of the molecule is COc1ccc(CC(=O)NCCSc2ccc(C)cc2)cc1OC.